The van der Waals surface area contributed by atoms with E-state index in [0.29, 0.717) is 31.4 Å². The number of aliphatic hydroxyl groups is 2. The van der Waals surface area contributed by atoms with E-state index in [1.165, 1.54) is 12.1 Å². The zero-order valence-electron chi connectivity index (χ0n) is 17.9. The number of ketones is 1. The molecule has 2 aromatic rings. The van der Waals surface area contributed by atoms with Gasteiger partial charge < -0.3 is 19.7 Å². The molecule has 1 aliphatic carbocycles. The maximum atomic E-state index is 13.9. The first-order chi connectivity index (χ1) is 14.1. The molecular weight excluding hydrogens is 383 g/mol. The summed E-state index contributed by atoms with van der Waals surface area (Å²) < 4.78 is 20.0. The van der Waals surface area contributed by atoms with Gasteiger partial charge in [-0.15, -0.1) is 0 Å². The SMILES string of the molecule is CC(=O)CCCc1ccc(OC2CC(C)(C)CC(O)C2O)cc1-c1cccc(F)c1. The highest BCUT2D eigenvalue weighted by molar-refractivity contribution is 5.75. The molecule has 1 fully saturated rings. The Morgan fingerprint density at radius 3 is 2.63 bits per heavy atom. The zero-order valence-corrected chi connectivity index (χ0v) is 17.9. The molecule has 0 aliphatic heterocycles. The fourth-order valence-electron chi connectivity index (χ4n) is 4.27. The van der Waals surface area contributed by atoms with E-state index in [-0.39, 0.29) is 17.0 Å². The molecule has 0 radical (unpaired) electrons. The number of Topliss-reactive ketones (excluding diaryl/α,β-unsaturated/α-hetero) is 1. The van der Waals surface area contributed by atoms with Crippen molar-refractivity contribution in [2.45, 2.75) is 71.2 Å². The largest absolute Gasteiger partial charge is 0.488 e. The van der Waals surface area contributed by atoms with Gasteiger partial charge in [-0.3, -0.25) is 0 Å². The number of carbonyl (C=O) groups is 1. The summed E-state index contributed by atoms with van der Waals surface area (Å²) in [5.74, 6) is 0.398. The molecule has 4 nitrogen and oxygen atoms in total. The molecule has 3 atom stereocenters. The van der Waals surface area contributed by atoms with Gasteiger partial charge >= 0.3 is 0 Å². The molecule has 2 N–H and O–H groups in total. The van der Waals surface area contributed by atoms with E-state index in [4.69, 9.17) is 4.74 Å². The minimum absolute atomic E-state index is 0.138. The summed E-state index contributed by atoms with van der Waals surface area (Å²) in [6, 6.07) is 12.0. The van der Waals surface area contributed by atoms with Crippen LogP contribution >= 0.6 is 0 Å². The molecule has 0 spiro atoms. The summed E-state index contributed by atoms with van der Waals surface area (Å²) in [7, 11) is 0. The first kappa shape index (κ1) is 22.4. The van der Waals surface area contributed by atoms with Crippen molar-refractivity contribution in [1.29, 1.82) is 0 Å². The fourth-order valence-corrected chi connectivity index (χ4v) is 4.27. The molecule has 0 amide bonds. The van der Waals surface area contributed by atoms with Gasteiger partial charge in [0, 0.05) is 6.42 Å². The van der Waals surface area contributed by atoms with Crippen molar-refractivity contribution in [3.05, 3.63) is 53.8 Å². The Hall–Kier alpha value is -2.24. The lowest BCUT2D eigenvalue weighted by molar-refractivity contribution is -0.117. The van der Waals surface area contributed by atoms with Crippen LogP contribution in [0, 0.1) is 11.2 Å². The molecule has 0 bridgehead atoms. The number of ether oxygens (including phenoxy) is 1. The highest BCUT2D eigenvalue weighted by atomic mass is 19.1. The Labute approximate surface area is 177 Å². The molecule has 5 heteroatoms. The quantitative estimate of drug-likeness (QED) is 0.690. The Morgan fingerprint density at radius 1 is 1.17 bits per heavy atom. The first-order valence-electron chi connectivity index (χ1n) is 10.6. The van der Waals surface area contributed by atoms with Gasteiger partial charge in [0.05, 0.1) is 6.10 Å². The maximum absolute atomic E-state index is 13.9. The van der Waals surface area contributed by atoms with E-state index in [1.807, 2.05) is 24.3 Å². The molecule has 1 aliphatic rings. The molecule has 1 saturated carbocycles. The van der Waals surface area contributed by atoms with E-state index in [2.05, 4.69) is 13.8 Å². The second-order valence-corrected chi connectivity index (χ2v) is 9.17. The smallest absolute Gasteiger partial charge is 0.129 e. The summed E-state index contributed by atoms with van der Waals surface area (Å²) in [5, 5.41) is 20.6. The van der Waals surface area contributed by atoms with Crippen LogP contribution < -0.4 is 4.74 Å². The molecule has 0 saturated heterocycles. The number of halogens is 1. The number of benzene rings is 2. The summed E-state index contributed by atoms with van der Waals surface area (Å²) in [6.45, 7) is 5.68. The molecule has 3 unspecified atom stereocenters. The summed E-state index contributed by atoms with van der Waals surface area (Å²) in [4.78, 5) is 11.3. The van der Waals surface area contributed by atoms with Crippen molar-refractivity contribution in [1.82, 2.24) is 0 Å². The average molecular weight is 415 g/mol. The average Bonchev–Trinajstić information content (AvgIpc) is 2.66. The number of carbonyl (C=O) groups excluding carboxylic acids is 1. The van der Waals surface area contributed by atoms with Crippen LogP contribution in [0.5, 0.6) is 5.75 Å². The van der Waals surface area contributed by atoms with Crippen LogP contribution in [0.1, 0.15) is 52.0 Å². The van der Waals surface area contributed by atoms with Gasteiger partial charge in [-0.2, -0.15) is 0 Å². The minimum atomic E-state index is -0.953. The van der Waals surface area contributed by atoms with Crippen LogP contribution in [0.2, 0.25) is 0 Å². The van der Waals surface area contributed by atoms with Gasteiger partial charge in [0.25, 0.3) is 0 Å². The fraction of sp³-hybridized carbons (Fsp3) is 0.480. The summed E-state index contributed by atoms with van der Waals surface area (Å²) >= 11 is 0. The molecule has 30 heavy (non-hydrogen) atoms. The van der Waals surface area contributed by atoms with Crippen molar-refractivity contribution >= 4 is 5.78 Å². The number of aryl methyl sites for hydroxylation is 1. The summed E-state index contributed by atoms with van der Waals surface area (Å²) in [6.07, 6.45) is 0.773. The Bertz CT molecular complexity index is 892. The third-order valence-electron chi connectivity index (χ3n) is 5.77. The van der Waals surface area contributed by atoms with Crippen molar-refractivity contribution in [2.75, 3.05) is 0 Å². The standard InChI is InChI=1S/C25H31FO4/c1-16(27)6-4-7-17-10-11-20(13-21(17)18-8-5-9-19(26)12-18)30-23-15-25(2,3)14-22(28)24(23)29/h5,8-13,22-24,28-29H,4,6-7,14-15H2,1-3H3. The Morgan fingerprint density at radius 2 is 1.93 bits per heavy atom. The number of hydrogen-bond donors (Lipinski definition) is 2. The van der Waals surface area contributed by atoms with E-state index in [9.17, 15) is 19.4 Å². The van der Waals surface area contributed by atoms with Gasteiger partial charge in [-0.1, -0.05) is 32.0 Å². The van der Waals surface area contributed by atoms with Gasteiger partial charge in [-0.25, -0.2) is 4.39 Å². The molecule has 3 rings (SSSR count). The Balaban J connectivity index is 1.89. The molecule has 2 aromatic carbocycles. The second-order valence-electron chi connectivity index (χ2n) is 9.17. The van der Waals surface area contributed by atoms with Gasteiger partial charge in [0.15, 0.2) is 0 Å². The molecule has 162 valence electrons. The lowest BCUT2D eigenvalue weighted by Crippen LogP contribution is -2.49. The zero-order chi connectivity index (χ0) is 21.9. The van der Waals surface area contributed by atoms with E-state index in [1.54, 1.807) is 13.0 Å². The van der Waals surface area contributed by atoms with Crippen LogP contribution in [0.4, 0.5) is 4.39 Å². The van der Waals surface area contributed by atoms with Crippen molar-refractivity contribution < 1.29 is 24.1 Å². The van der Waals surface area contributed by atoms with Crippen LogP contribution in [0.3, 0.4) is 0 Å². The van der Waals surface area contributed by atoms with Gasteiger partial charge in [0.1, 0.15) is 29.6 Å². The van der Waals surface area contributed by atoms with E-state index < -0.39 is 18.3 Å². The van der Waals surface area contributed by atoms with Crippen molar-refractivity contribution in [2.24, 2.45) is 5.41 Å². The molecule has 0 heterocycles. The van der Waals surface area contributed by atoms with E-state index in [0.717, 1.165) is 23.1 Å². The topological polar surface area (TPSA) is 66.8 Å². The normalized spacial score (nSPS) is 23.2. The van der Waals surface area contributed by atoms with Crippen molar-refractivity contribution in [3.63, 3.8) is 0 Å². The highest BCUT2D eigenvalue weighted by Gasteiger charge is 2.41. The van der Waals surface area contributed by atoms with E-state index >= 15 is 0 Å². The van der Waals surface area contributed by atoms with Crippen LogP contribution in [-0.4, -0.2) is 34.3 Å². The van der Waals surface area contributed by atoms with Crippen LogP contribution in [-0.2, 0) is 11.2 Å². The first-order valence-corrected chi connectivity index (χ1v) is 10.6. The predicted molar refractivity (Wildman–Crippen MR) is 115 cm³/mol. The number of rotatable bonds is 7. The predicted octanol–water partition coefficient (Wildman–Crippen LogP) is 4.69. The van der Waals surface area contributed by atoms with Crippen molar-refractivity contribution in [3.8, 4) is 16.9 Å². The third-order valence-corrected chi connectivity index (χ3v) is 5.77. The van der Waals surface area contributed by atoms with Crippen LogP contribution in [0.15, 0.2) is 42.5 Å². The third kappa shape index (κ3) is 5.67. The Kier molecular flexibility index (Phi) is 6.94. The monoisotopic (exact) mass is 414 g/mol. The number of aliphatic hydroxyl groups excluding tert-OH is 2. The lowest BCUT2D eigenvalue weighted by Gasteiger charge is -2.41. The van der Waals surface area contributed by atoms with Crippen LogP contribution in [0.25, 0.3) is 11.1 Å². The molecule has 0 aromatic heterocycles. The number of hydrogen-bond acceptors (Lipinski definition) is 4. The second kappa shape index (κ2) is 9.27. The van der Waals surface area contributed by atoms with Gasteiger partial charge in [-0.05, 0) is 79.0 Å². The summed E-state index contributed by atoms with van der Waals surface area (Å²) in [5.41, 5.74) is 2.46. The molecular formula is C25H31FO4. The van der Waals surface area contributed by atoms with Gasteiger partial charge in [0.2, 0.25) is 0 Å². The maximum Gasteiger partial charge on any atom is 0.129 e. The highest BCUT2D eigenvalue weighted by Crippen LogP contribution is 2.38. The minimum Gasteiger partial charge on any atom is -0.488 e. The lowest BCUT2D eigenvalue weighted by atomic mass is 9.73.